The molecule has 2 heterocycles. The SMILES string of the molecule is COc1cc(C)cc2c3c([nH]c12)CCCNC3. The highest BCUT2D eigenvalue weighted by atomic mass is 16.5. The third-order valence-corrected chi connectivity index (χ3v) is 3.51. The first-order valence-corrected chi connectivity index (χ1v) is 6.18. The maximum Gasteiger partial charge on any atom is 0.143 e. The quantitative estimate of drug-likeness (QED) is 0.790. The van der Waals surface area contributed by atoms with Gasteiger partial charge in [-0.1, -0.05) is 0 Å². The van der Waals surface area contributed by atoms with Crippen molar-refractivity contribution in [1.29, 1.82) is 0 Å². The molecule has 1 aliphatic rings. The van der Waals surface area contributed by atoms with Crippen molar-refractivity contribution in [1.82, 2.24) is 10.3 Å². The van der Waals surface area contributed by atoms with E-state index in [0.29, 0.717) is 0 Å². The van der Waals surface area contributed by atoms with Crippen LogP contribution in [-0.2, 0) is 13.0 Å². The van der Waals surface area contributed by atoms with E-state index in [1.807, 2.05) is 0 Å². The Balaban J connectivity index is 2.27. The van der Waals surface area contributed by atoms with E-state index in [1.165, 1.54) is 28.6 Å². The van der Waals surface area contributed by atoms with Gasteiger partial charge in [0.25, 0.3) is 0 Å². The number of rotatable bonds is 1. The van der Waals surface area contributed by atoms with Crippen molar-refractivity contribution >= 4 is 10.9 Å². The molecule has 2 N–H and O–H groups in total. The molecule has 0 fully saturated rings. The lowest BCUT2D eigenvalue weighted by Crippen LogP contribution is -2.11. The van der Waals surface area contributed by atoms with Crippen LogP contribution < -0.4 is 10.1 Å². The molecule has 0 unspecified atom stereocenters. The van der Waals surface area contributed by atoms with E-state index in [-0.39, 0.29) is 0 Å². The predicted molar refractivity (Wildman–Crippen MR) is 69.6 cm³/mol. The van der Waals surface area contributed by atoms with Crippen molar-refractivity contribution < 1.29 is 4.74 Å². The molecule has 0 amide bonds. The number of benzene rings is 1. The Kier molecular flexibility index (Phi) is 2.56. The van der Waals surface area contributed by atoms with Crippen LogP contribution in [0, 0.1) is 6.92 Å². The third kappa shape index (κ3) is 1.71. The van der Waals surface area contributed by atoms with Gasteiger partial charge in [-0.3, -0.25) is 0 Å². The first kappa shape index (κ1) is 10.7. The summed E-state index contributed by atoms with van der Waals surface area (Å²) in [4.78, 5) is 3.54. The average molecular weight is 230 g/mol. The van der Waals surface area contributed by atoms with Gasteiger partial charge >= 0.3 is 0 Å². The summed E-state index contributed by atoms with van der Waals surface area (Å²) >= 11 is 0. The summed E-state index contributed by atoms with van der Waals surface area (Å²) in [5, 5.41) is 4.79. The van der Waals surface area contributed by atoms with Gasteiger partial charge in [-0.05, 0) is 49.6 Å². The number of hydrogen-bond acceptors (Lipinski definition) is 2. The van der Waals surface area contributed by atoms with Crippen LogP contribution in [0.2, 0.25) is 0 Å². The zero-order valence-corrected chi connectivity index (χ0v) is 10.4. The lowest BCUT2D eigenvalue weighted by Gasteiger charge is -2.05. The number of hydrogen-bond donors (Lipinski definition) is 2. The first-order chi connectivity index (χ1) is 8.29. The van der Waals surface area contributed by atoms with E-state index in [9.17, 15) is 0 Å². The summed E-state index contributed by atoms with van der Waals surface area (Å²) in [5.74, 6) is 0.952. The molecule has 1 aromatic carbocycles. The zero-order chi connectivity index (χ0) is 11.8. The van der Waals surface area contributed by atoms with Gasteiger partial charge in [0.2, 0.25) is 0 Å². The number of aromatic nitrogens is 1. The van der Waals surface area contributed by atoms with Gasteiger partial charge in [0, 0.05) is 17.6 Å². The fourth-order valence-corrected chi connectivity index (χ4v) is 2.69. The summed E-state index contributed by atoms with van der Waals surface area (Å²) in [6.07, 6.45) is 2.32. The fraction of sp³-hybridized carbons (Fsp3) is 0.429. The molecular weight excluding hydrogens is 212 g/mol. The molecule has 2 aromatic rings. The number of H-pyrrole nitrogens is 1. The van der Waals surface area contributed by atoms with Gasteiger partial charge in [-0.2, -0.15) is 0 Å². The third-order valence-electron chi connectivity index (χ3n) is 3.51. The highest BCUT2D eigenvalue weighted by Crippen LogP contribution is 2.32. The van der Waals surface area contributed by atoms with E-state index in [1.54, 1.807) is 7.11 Å². The van der Waals surface area contributed by atoms with Crippen molar-refractivity contribution in [2.24, 2.45) is 0 Å². The molecule has 90 valence electrons. The fourth-order valence-electron chi connectivity index (χ4n) is 2.69. The van der Waals surface area contributed by atoms with Crippen LogP contribution in [0.15, 0.2) is 12.1 Å². The summed E-state index contributed by atoms with van der Waals surface area (Å²) in [5.41, 5.74) is 5.18. The van der Waals surface area contributed by atoms with Gasteiger partial charge in [0.1, 0.15) is 5.75 Å². The summed E-state index contributed by atoms with van der Waals surface area (Å²) in [7, 11) is 1.73. The van der Waals surface area contributed by atoms with E-state index >= 15 is 0 Å². The Hall–Kier alpha value is -1.48. The normalized spacial score (nSPS) is 15.6. The second kappa shape index (κ2) is 4.08. The Labute approximate surface area is 101 Å². The minimum Gasteiger partial charge on any atom is -0.495 e. The molecule has 0 saturated carbocycles. The largest absolute Gasteiger partial charge is 0.495 e. The van der Waals surface area contributed by atoms with Crippen LogP contribution in [0.25, 0.3) is 10.9 Å². The average Bonchev–Trinajstić information content (AvgIpc) is 2.53. The van der Waals surface area contributed by atoms with Crippen LogP contribution >= 0.6 is 0 Å². The maximum absolute atomic E-state index is 5.47. The lowest BCUT2D eigenvalue weighted by molar-refractivity contribution is 0.418. The second-order valence-corrected chi connectivity index (χ2v) is 4.75. The van der Waals surface area contributed by atoms with Crippen LogP contribution in [0.5, 0.6) is 5.75 Å². The van der Waals surface area contributed by atoms with Gasteiger partial charge in [-0.25, -0.2) is 0 Å². The Bertz CT molecular complexity index is 557. The van der Waals surface area contributed by atoms with Gasteiger partial charge in [-0.15, -0.1) is 0 Å². The van der Waals surface area contributed by atoms with Crippen molar-refractivity contribution in [3.8, 4) is 5.75 Å². The zero-order valence-electron chi connectivity index (χ0n) is 10.4. The summed E-state index contributed by atoms with van der Waals surface area (Å²) < 4.78 is 5.47. The maximum atomic E-state index is 5.47. The molecule has 0 radical (unpaired) electrons. The van der Waals surface area contributed by atoms with Crippen molar-refractivity contribution in [2.75, 3.05) is 13.7 Å². The molecule has 0 bridgehead atoms. The topological polar surface area (TPSA) is 37.0 Å². The molecule has 0 spiro atoms. The minimum atomic E-state index is 0.952. The number of fused-ring (bicyclic) bond motifs is 3. The lowest BCUT2D eigenvalue weighted by atomic mass is 10.1. The standard InChI is InChI=1S/C14H18N2O/c1-9-6-10-11-8-15-5-3-4-12(11)16-14(10)13(7-9)17-2/h6-7,15-16H,3-5,8H2,1-2H3. The Morgan fingerprint density at radius 2 is 2.18 bits per heavy atom. The molecular formula is C14H18N2O. The number of aromatic amines is 1. The molecule has 1 aliphatic heterocycles. The molecule has 0 saturated heterocycles. The van der Waals surface area contributed by atoms with Crippen molar-refractivity contribution in [3.05, 3.63) is 29.0 Å². The highest BCUT2D eigenvalue weighted by Gasteiger charge is 2.16. The molecule has 3 rings (SSSR count). The number of ether oxygens (including phenoxy) is 1. The molecule has 3 heteroatoms. The molecule has 3 nitrogen and oxygen atoms in total. The molecule has 0 aliphatic carbocycles. The van der Waals surface area contributed by atoms with Crippen LogP contribution in [-0.4, -0.2) is 18.6 Å². The molecule has 0 atom stereocenters. The van der Waals surface area contributed by atoms with E-state index in [4.69, 9.17) is 4.74 Å². The van der Waals surface area contributed by atoms with E-state index in [0.717, 1.165) is 30.8 Å². The van der Waals surface area contributed by atoms with E-state index < -0.39 is 0 Å². The summed E-state index contributed by atoms with van der Waals surface area (Å²) in [6.45, 7) is 4.18. The van der Waals surface area contributed by atoms with Gasteiger partial charge in [0.05, 0.1) is 12.6 Å². The minimum absolute atomic E-state index is 0.952. The smallest absolute Gasteiger partial charge is 0.143 e. The molecule has 17 heavy (non-hydrogen) atoms. The van der Waals surface area contributed by atoms with Crippen molar-refractivity contribution in [3.63, 3.8) is 0 Å². The second-order valence-electron chi connectivity index (χ2n) is 4.75. The predicted octanol–water partition coefficient (Wildman–Crippen LogP) is 2.52. The monoisotopic (exact) mass is 230 g/mol. The first-order valence-electron chi connectivity index (χ1n) is 6.18. The van der Waals surface area contributed by atoms with Gasteiger partial charge < -0.3 is 15.0 Å². The number of nitrogens with one attached hydrogen (secondary N) is 2. The van der Waals surface area contributed by atoms with Crippen LogP contribution in [0.4, 0.5) is 0 Å². The van der Waals surface area contributed by atoms with Gasteiger partial charge in [0.15, 0.2) is 0 Å². The highest BCUT2D eigenvalue weighted by molar-refractivity contribution is 5.90. The Morgan fingerprint density at radius 1 is 1.29 bits per heavy atom. The Morgan fingerprint density at radius 3 is 3.00 bits per heavy atom. The van der Waals surface area contributed by atoms with Crippen LogP contribution in [0.1, 0.15) is 23.2 Å². The summed E-state index contributed by atoms with van der Waals surface area (Å²) in [6, 6.07) is 4.34. The number of aryl methyl sites for hydroxylation is 2. The van der Waals surface area contributed by atoms with Crippen LogP contribution in [0.3, 0.4) is 0 Å². The van der Waals surface area contributed by atoms with Crippen molar-refractivity contribution in [2.45, 2.75) is 26.3 Å². The molecule has 1 aromatic heterocycles. The number of methoxy groups -OCH3 is 1. The van der Waals surface area contributed by atoms with E-state index in [2.05, 4.69) is 29.4 Å².